The highest BCUT2D eigenvalue weighted by Gasteiger charge is 2.44. The third-order valence-electron chi connectivity index (χ3n) is 5.93. The molecule has 2 unspecified atom stereocenters. The molecular formula is C26H21F3N4O5. The van der Waals surface area contributed by atoms with Crippen LogP contribution in [0.15, 0.2) is 67.0 Å². The molecule has 1 aromatic heterocycles. The first-order valence-corrected chi connectivity index (χ1v) is 11.4. The Labute approximate surface area is 214 Å². The fourth-order valence-electron chi connectivity index (χ4n) is 4.21. The van der Waals surface area contributed by atoms with E-state index in [1.165, 1.54) is 36.7 Å². The number of amides is 3. The van der Waals surface area contributed by atoms with Crippen LogP contribution in [0.3, 0.4) is 0 Å². The van der Waals surface area contributed by atoms with E-state index in [0.29, 0.717) is 6.07 Å². The van der Waals surface area contributed by atoms with Crippen molar-refractivity contribution >= 4 is 23.7 Å². The molecule has 4 rings (SSSR count). The molecule has 1 aliphatic rings. The first-order valence-electron chi connectivity index (χ1n) is 11.4. The standard InChI is InChI=1S/C26H21F3N4O5/c27-18-3-1-15(2-4-18)21(14-22(34)35)31-23(36)24-32(25(37)16-5-7-30-8-6-16)9-10-33(24)26(38)17-11-19(28)13-20(29)12-17/h1-8,11-13,21,24H,9-10,14H2,(H,31,36)(H,34,35). The van der Waals surface area contributed by atoms with Crippen LogP contribution in [0.1, 0.15) is 38.7 Å². The molecule has 0 saturated carbocycles. The minimum absolute atomic E-state index is 0.0943. The van der Waals surface area contributed by atoms with E-state index in [-0.39, 0.29) is 29.8 Å². The number of aromatic nitrogens is 1. The quantitative estimate of drug-likeness (QED) is 0.489. The van der Waals surface area contributed by atoms with Crippen LogP contribution in [-0.2, 0) is 9.59 Å². The number of nitrogens with zero attached hydrogens (tertiary/aromatic N) is 3. The molecule has 0 bridgehead atoms. The van der Waals surface area contributed by atoms with Gasteiger partial charge in [-0.15, -0.1) is 0 Å². The molecule has 12 heteroatoms. The van der Waals surface area contributed by atoms with Crippen molar-refractivity contribution in [3.63, 3.8) is 0 Å². The van der Waals surface area contributed by atoms with Crippen molar-refractivity contribution in [2.45, 2.75) is 18.6 Å². The van der Waals surface area contributed by atoms with Crippen molar-refractivity contribution in [3.8, 4) is 0 Å². The lowest BCUT2D eigenvalue weighted by Gasteiger charge is -2.31. The number of hydrogen-bond donors (Lipinski definition) is 2. The number of carbonyl (C=O) groups excluding carboxylic acids is 3. The number of nitrogens with one attached hydrogen (secondary N) is 1. The Hall–Kier alpha value is -4.74. The summed E-state index contributed by atoms with van der Waals surface area (Å²) in [5.41, 5.74) is 0.0703. The van der Waals surface area contributed by atoms with Crippen molar-refractivity contribution < 1.29 is 37.5 Å². The van der Waals surface area contributed by atoms with Crippen LogP contribution in [0.5, 0.6) is 0 Å². The molecule has 2 atom stereocenters. The molecule has 2 N–H and O–H groups in total. The van der Waals surface area contributed by atoms with E-state index in [1.807, 2.05) is 0 Å². The average molecular weight is 526 g/mol. The number of aliphatic carboxylic acids is 1. The zero-order valence-electron chi connectivity index (χ0n) is 19.7. The molecular weight excluding hydrogens is 505 g/mol. The van der Waals surface area contributed by atoms with Crippen molar-refractivity contribution in [2.75, 3.05) is 13.1 Å². The van der Waals surface area contributed by atoms with Crippen LogP contribution in [0.2, 0.25) is 0 Å². The zero-order chi connectivity index (χ0) is 27.4. The molecule has 0 aliphatic carbocycles. The predicted molar refractivity (Wildman–Crippen MR) is 126 cm³/mol. The lowest BCUT2D eigenvalue weighted by atomic mass is 10.0. The number of carbonyl (C=O) groups is 4. The normalized spacial score (nSPS) is 15.7. The summed E-state index contributed by atoms with van der Waals surface area (Å²) in [5.74, 6) is -6.29. The highest BCUT2D eigenvalue weighted by Crippen LogP contribution is 2.24. The highest BCUT2D eigenvalue weighted by atomic mass is 19.1. The molecule has 3 amide bonds. The number of pyridine rings is 1. The van der Waals surface area contributed by atoms with E-state index in [0.717, 1.165) is 34.1 Å². The topological polar surface area (TPSA) is 120 Å². The molecule has 0 radical (unpaired) electrons. The minimum Gasteiger partial charge on any atom is -0.481 e. The maximum atomic E-state index is 13.8. The molecule has 9 nitrogen and oxygen atoms in total. The van der Waals surface area contributed by atoms with Gasteiger partial charge in [-0.3, -0.25) is 24.2 Å². The Kier molecular flexibility index (Phi) is 7.70. The van der Waals surface area contributed by atoms with Crippen molar-refractivity contribution in [1.29, 1.82) is 0 Å². The second-order valence-electron chi connectivity index (χ2n) is 8.48. The van der Waals surface area contributed by atoms with Gasteiger partial charge in [0, 0.05) is 42.7 Å². The van der Waals surface area contributed by atoms with Gasteiger partial charge in [-0.2, -0.15) is 0 Å². The molecule has 2 aromatic carbocycles. The van der Waals surface area contributed by atoms with E-state index >= 15 is 0 Å². The Morgan fingerprint density at radius 3 is 1.95 bits per heavy atom. The van der Waals surface area contributed by atoms with Crippen LogP contribution in [0.25, 0.3) is 0 Å². The fourth-order valence-corrected chi connectivity index (χ4v) is 4.21. The van der Waals surface area contributed by atoms with Gasteiger partial charge in [-0.05, 0) is 42.0 Å². The molecule has 1 saturated heterocycles. The highest BCUT2D eigenvalue weighted by molar-refractivity contribution is 6.02. The van der Waals surface area contributed by atoms with Gasteiger partial charge in [-0.25, -0.2) is 13.2 Å². The lowest BCUT2D eigenvalue weighted by molar-refractivity contribution is -0.138. The maximum Gasteiger partial charge on any atom is 0.305 e. The smallest absolute Gasteiger partial charge is 0.305 e. The van der Waals surface area contributed by atoms with Gasteiger partial charge in [0.1, 0.15) is 17.5 Å². The molecule has 1 aliphatic heterocycles. The monoisotopic (exact) mass is 526 g/mol. The summed E-state index contributed by atoms with van der Waals surface area (Å²) in [4.78, 5) is 57.5. The van der Waals surface area contributed by atoms with Gasteiger partial charge in [-0.1, -0.05) is 12.1 Å². The van der Waals surface area contributed by atoms with E-state index in [4.69, 9.17) is 0 Å². The van der Waals surface area contributed by atoms with Gasteiger partial charge in [0.05, 0.1) is 12.5 Å². The first kappa shape index (κ1) is 26.3. The van der Waals surface area contributed by atoms with E-state index in [1.54, 1.807) is 0 Å². The zero-order valence-corrected chi connectivity index (χ0v) is 19.7. The molecule has 38 heavy (non-hydrogen) atoms. The number of halogens is 3. The number of carboxylic acid groups (broad SMARTS) is 1. The summed E-state index contributed by atoms with van der Waals surface area (Å²) in [6.45, 7) is -0.241. The summed E-state index contributed by atoms with van der Waals surface area (Å²) >= 11 is 0. The van der Waals surface area contributed by atoms with E-state index in [2.05, 4.69) is 10.3 Å². The number of rotatable bonds is 7. The molecule has 1 fully saturated rings. The number of carboxylic acids is 1. The SMILES string of the molecule is O=C(O)CC(NC(=O)C1N(C(=O)c2ccncc2)CCN1C(=O)c1cc(F)cc(F)c1)c1ccc(F)cc1. The fraction of sp³-hybridized carbons (Fsp3) is 0.192. The Morgan fingerprint density at radius 2 is 1.39 bits per heavy atom. The third kappa shape index (κ3) is 5.80. The average Bonchev–Trinajstić information content (AvgIpc) is 3.33. The lowest BCUT2D eigenvalue weighted by Crippen LogP contribution is -2.54. The maximum absolute atomic E-state index is 13.8. The largest absolute Gasteiger partial charge is 0.481 e. The van der Waals surface area contributed by atoms with Crippen LogP contribution in [0, 0.1) is 17.5 Å². The minimum atomic E-state index is -1.58. The van der Waals surface area contributed by atoms with Gasteiger partial charge in [0.25, 0.3) is 17.7 Å². The summed E-state index contributed by atoms with van der Waals surface area (Å²) in [7, 11) is 0. The van der Waals surface area contributed by atoms with Crippen molar-refractivity contribution in [3.05, 3.63) is 101 Å². The number of hydrogen-bond acceptors (Lipinski definition) is 5. The van der Waals surface area contributed by atoms with Crippen molar-refractivity contribution in [1.82, 2.24) is 20.1 Å². The summed E-state index contributed by atoms with van der Waals surface area (Å²) < 4.78 is 41.1. The molecule has 0 spiro atoms. The summed E-state index contributed by atoms with van der Waals surface area (Å²) in [6.07, 6.45) is 0.583. The summed E-state index contributed by atoms with van der Waals surface area (Å²) in [6, 6.07) is 8.68. The summed E-state index contributed by atoms with van der Waals surface area (Å²) in [5, 5.41) is 11.9. The predicted octanol–water partition coefficient (Wildman–Crippen LogP) is 2.76. The van der Waals surface area contributed by atoms with Gasteiger partial charge < -0.3 is 20.2 Å². The third-order valence-corrected chi connectivity index (χ3v) is 5.93. The van der Waals surface area contributed by atoms with E-state index < -0.39 is 59.8 Å². The van der Waals surface area contributed by atoms with Gasteiger partial charge in [0.15, 0.2) is 6.17 Å². The second-order valence-corrected chi connectivity index (χ2v) is 8.48. The van der Waals surface area contributed by atoms with Gasteiger partial charge >= 0.3 is 5.97 Å². The second kappa shape index (κ2) is 11.1. The Bertz CT molecular complexity index is 1350. The van der Waals surface area contributed by atoms with Gasteiger partial charge in [0.2, 0.25) is 0 Å². The first-order chi connectivity index (χ1) is 18.1. The molecule has 196 valence electrons. The van der Waals surface area contributed by atoms with Crippen molar-refractivity contribution in [2.24, 2.45) is 0 Å². The molecule has 3 aromatic rings. The Balaban J connectivity index is 1.69. The molecule has 2 heterocycles. The van der Waals surface area contributed by atoms with E-state index in [9.17, 15) is 37.5 Å². The van der Waals surface area contributed by atoms with Crippen LogP contribution in [-0.4, -0.2) is 62.8 Å². The number of benzene rings is 2. The van der Waals surface area contributed by atoms with Crippen LogP contribution < -0.4 is 5.32 Å². The van der Waals surface area contributed by atoms with Crippen LogP contribution in [0.4, 0.5) is 13.2 Å². The van der Waals surface area contributed by atoms with Crippen LogP contribution >= 0.6 is 0 Å². The Morgan fingerprint density at radius 1 is 0.842 bits per heavy atom.